The zero-order chi connectivity index (χ0) is 19.2. The van der Waals surface area contributed by atoms with Gasteiger partial charge in [-0.1, -0.05) is 6.07 Å². The molecule has 3 aliphatic heterocycles. The van der Waals surface area contributed by atoms with Gasteiger partial charge in [0, 0.05) is 38.6 Å². The van der Waals surface area contributed by atoms with Gasteiger partial charge in [0.1, 0.15) is 12.1 Å². The number of esters is 1. The van der Waals surface area contributed by atoms with Gasteiger partial charge >= 0.3 is 5.97 Å². The van der Waals surface area contributed by atoms with E-state index in [1.807, 2.05) is 17.0 Å². The number of hydrogen-bond acceptors (Lipinski definition) is 8. The monoisotopic (exact) mass is 374 g/mol. The van der Waals surface area contributed by atoms with E-state index in [1.165, 1.54) is 7.11 Å². The zero-order valence-corrected chi connectivity index (χ0v) is 15.1. The molecule has 2 amide bonds. The Hall–Kier alpha value is -2.36. The minimum atomic E-state index is -0.883. The molecule has 1 N–H and O–H groups in total. The highest BCUT2D eigenvalue weighted by Crippen LogP contribution is 2.40. The van der Waals surface area contributed by atoms with E-state index < -0.39 is 29.6 Å². The Bertz CT molecular complexity index is 764. The van der Waals surface area contributed by atoms with Gasteiger partial charge in [-0.3, -0.25) is 34.1 Å². The summed E-state index contributed by atoms with van der Waals surface area (Å²) < 4.78 is 4.64. The molecule has 0 radical (unpaired) electrons. The van der Waals surface area contributed by atoms with Crippen molar-refractivity contribution in [3.8, 4) is 0 Å². The van der Waals surface area contributed by atoms with Crippen LogP contribution in [-0.4, -0.2) is 93.5 Å². The maximum Gasteiger partial charge on any atom is 0.325 e. The fourth-order valence-corrected chi connectivity index (χ4v) is 4.39. The number of imide groups is 1. The number of fused-ring (bicyclic) bond motifs is 2. The van der Waals surface area contributed by atoms with Crippen LogP contribution >= 0.6 is 0 Å². The minimum absolute atomic E-state index is 0.272. The number of aromatic nitrogens is 1. The number of pyridine rings is 1. The highest BCUT2D eigenvalue weighted by molar-refractivity contribution is 6.07. The number of β-amino-alcohol motifs (C(OH)–C–C–N with tert-alkyl or cyclic N) is 1. The maximum absolute atomic E-state index is 13.2. The Morgan fingerprint density at radius 1 is 1.41 bits per heavy atom. The molecule has 3 saturated heterocycles. The Morgan fingerprint density at radius 3 is 2.85 bits per heavy atom. The minimum Gasteiger partial charge on any atom is -0.468 e. The average molecular weight is 374 g/mol. The summed E-state index contributed by atoms with van der Waals surface area (Å²) in [6.07, 6.45) is 3.10. The number of aliphatic hydroxyl groups is 1. The summed E-state index contributed by atoms with van der Waals surface area (Å²) in [6.45, 7) is 1.42. The number of likely N-dealkylation sites (tertiary alicyclic amines) is 1. The van der Waals surface area contributed by atoms with Crippen molar-refractivity contribution in [2.45, 2.75) is 30.7 Å². The van der Waals surface area contributed by atoms with E-state index in [0.717, 1.165) is 10.5 Å². The van der Waals surface area contributed by atoms with Crippen LogP contribution in [0, 0.1) is 0 Å². The van der Waals surface area contributed by atoms with Crippen LogP contribution in [-0.2, 0) is 25.7 Å². The van der Waals surface area contributed by atoms with Crippen molar-refractivity contribution in [3.63, 3.8) is 0 Å². The molecule has 1 aromatic heterocycles. The number of carbonyl (C=O) groups excluding carboxylic acids is 3. The number of ether oxygens (including phenoxy) is 1. The number of methoxy groups -OCH3 is 1. The third kappa shape index (κ3) is 2.91. The molecular formula is C18H22N4O5. The molecule has 4 rings (SSSR count). The first kappa shape index (κ1) is 18.0. The molecule has 0 aliphatic carbocycles. The molecule has 9 nitrogen and oxygen atoms in total. The van der Waals surface area contributed by atoms with Crippen LogP contribution in [0.25, 0.3) is 0 Å². The largest absolute Gasteiger partial charge is 0.468 e. The molecule has 1 spiro atoms. The molecule has 3 fully saturated rings. The van der Waals surface area contributed by atoms with Crippen molar-refractivity contribution in [2.24, 2.45) is 0 Å². The van der Waals surface area contributed by atoms with Crippen molar-refractivity contribution in [1.29, 1.82) is 0 Å². The number of rotatable bonds is 4. The Morgan fingerprint density at radius 2 is 2.19 bits per heavy atom. The normalized spacial score (nSPS) is 27.6. The predicted octanol–water partition coefficient (Wildman–Crippen LogP) is -1.39. The van der Waals surface area contributed by atoms with Gasteiger partial charge in [-0.2, -0.15) is 0 Å². The maximum atomic E-state index is 13.2. The number of piperazine rings is 1. The second kappa shape index (κ2) is 6.66. The Kier molecular flexibility index (Phi) is 4.45. The van der Waals surface area contributed by atoms with Crippen molar-refractivity contribution in [2.75, 3.05) is 33.3 Å². The van der Waals surface area contributed by atoms with E-state index in [0.29, 0.717) is 19.6 Å². The second-order valence-electron chi connectivity index (χ2n) is 7.40. The van der Waals surface area contributed by atoms with Gasteiger partial charge in [-0.05, 0) is 18.1 Å². The second-order valence-corrected chi connectivity index (χ2v) is 7.40. The first-order valence-electron chi connectivity index (χ1n) is 8.93. The van der Waals surface area contributed by atoms with Crippen molar-refractivity contribution in [3.05, 3.63) is 30.1 Å². The molecule has 144 valence electrons. The van der Waals surface area contributed by atoms with Crippen LogP contribution in [0.2, 0.25) is 0 Å². The first-order chi connectivity index (χ1) is 12.9. The molecule has 0 bridgehead atoms. The Labute approximate surface area is 156 Å². The SMILES string of the molecule is COC(=O)CN1C(=O)C2CC(O)CN2C2(CN(Cc3cccnc3)C2)C1=O. The highest BCUT2D eigenvalue weighted by atomic mass is 16.5. The number of nitrogens with zero attached hydrogens (tertiary/aromatic N) is 4. The van der Waals surface area contributed by atoms with Gasteiger partial charge in [0.25, 0.3) is 5.91 Å². The number of carbonyl (C=O) groups is 3. The van der Waals surface area contributed by atoms with Gasteiger partial charge in [0.2, 0.25) is 5.91 Å². The number of amides is 2. The van der Waals surface area contributed by atoms with E-state index in [1.54, 1.807) is 12.4 Å². The van der Waals surface area contributed by atoms with Crippen molar-refractivity contribution >= 4 is 17.8 Å². The first-order valence-corrected chi connectivity index (χ1v) is 8.93. The summed E-state index contributed by atoms with van der Waals surface area (Å²) in [5, 5.41) is 10.1. The average Bonchev–Trinajstić information content (AvgIpc) is 3.03. The zero-order valence-electron chi connectivity index (χ0n) is 15.1. The summed E-state index contributed by atoms with van der Waals surface area (Å²) in [6, 6.07) is 3.25. The van der Waals surface area contributed by atoms with E-state index in [9.17, 15) is 19.5 Å². The quantitative estimate of drug-likeness (QED) is 0.508. The topological polar surface area (TPSA) is 103 Å². The lowest BCUT2D eigenvalue weighted by Gasteiger charge is -2.58. The van der Waals surface area contributed by atoms with Crippen LogP contribution in [0.3, 0.4) is 0 Å². The smallest absolute Gasteiger partial charge is 0.325 e. The summed E-state index contributed by atoms with van der Waals surface area (Å²) in [5.74, 6) is -1.45. The van der Waals surface area contributed by atoms with Gasteiger partial charge in [0.05, 0.1) is 19.3 Å². The van der Waals surface area contributed by atoms with E-state index >= 15 is 0 Å². The van der Waals surface area contributed by atoms with Crippen LogP contribution in [0.1, 0.15) is 12.0 Å². The molecule has 0 aromatic carbocycles. The molecule has 3 aliphatic rings. The standard InChI is InChI=1S/C18H22N4O5/c1-27-15(24)9-21-16(25)14-5-13(23)8-22(14)18(17(21)26)10-20(11-18)7-12-3-2-4-19-6-12/h2-4,6,13-14,23H,5,7-11H2,1H3. The van der Waals surface area contributed by atoms with Crippen LogP contribution < -0.4 is 0 Å². The van der Waals surface area contributed by atoms with Gasteiger partial charge in [0.15, 0.2) is 0 Å². The van der Waals surface area contributed by atoms with Gasteiger partial charge < -0.3 is 9.84 Å². The molecule has 2 unspecified atom stereocenters. The summed E-state index contributed by atoms with van der Waals surface area (Å²) in [4.78, 5) is 46.6. The third-order valence-electron chi connectivity index (χ3n) is 5.64. The molecule has 1 aromatic rings. The summed E-state index contributed by atoms with van der Waals surface area (Å²) in [5.41, 5.74) is 0.155. The molecular weight excluding hydrogens is 352 g/mol. The van der Waals surface area contributed by atoms with E-state index in [-0.39, 0.29) is 25.4 Å². The molecule has 9 heteroatoms. The van der Waals surface area contributed by atoms with Crippen molar-refractivity contribution < 1.29 is 24.2 Å². The molecule has 2 atom stereocenters. The van der Waals surface area contributed by atoms with Gasteiger partial charge in [-0.15, -0.1) is 0 Å². The summed E-state index contributed by atoms with van der Waals surface area (Å²) in [7, 11) is 1.22. The number of aliphatic hydroxyl groups excluding tert-OH is 1. The molecule has 27 heavy (non-hydrogen) atoms. The van der Waals surface area contributed by atoms with E-state index in [2.05, 4.69) is 14.6 Å². The van der Waals surface area contributed by atoms with Crippen LogP contribution in [0.5, 0.6) is 0 Å². The van der Waals surface area contributed by atoms with Crippen LogP contribution in [0.15, 0.2) is 24.5 Å². The fraction of sp³-hybridized carbons (Fsp3) is 0.556. The molecule has 4 heterocycles. The third-order valence-corrected chi connectivity index (χ3v) is 5.64. The molecule has 0 saturated carbocycles. The Balaban J connectivity index is 1.56. The lowest BCUT2D eigenvalue weighted by molar-refractivity contribution is -0.183. The number of hydrogen-bond donors (Lipinski definition) is 1. The summed E-state index contributed by atoms with van der Waals surface area (Å²) >= 11 is 0. The highest BCUT2D eigenvalue weighted by Gasteiger charge is 2.64. The lowest BCUT2D eigenvalue weighted by Crippen LogP contribution is -2.81. The lowest BCUT2D eigenvalue weighted by atomic mass is 9.82. The van der Waals surface area contributed by atoms with Crippen molar-refractivity contribution in [1.82, 2.24) is 19.7 Å². The van der Waals surface area contributed by atoms with Gasteiger partial charge in [-0.25, -0.2) is 0 Å². The van der Waals surface area contributed by atoms with E-state index in [4.69, 9.17) is 0 Å². The predicted molar refractivity (Wildman–Crippen MR) is 92.1 cm³/mol. The van der Waals surface area contributed by atoms with Crippen LogP contribution in [0.4, 0.5) is 0 Å². The fourth-order valence-electron chi connectivity index (χ4n) is 4.39.